The van der Waals surface area contributed by atoms with Crippen molar-refractivity contribution in [1.82, 2.24) is 20.9 Å². The Morgan fingerprint density at radius 2 is 1.36 bits per heavy atom. The summed E-state index contributed by atoms with van der Waals surface area (Å²) in [6, 6.07) is 20.7. The summed E-state index contributed by atoms with van der Waals surface area (Å²) in [5.74, 6) is -2.35. The number of guanidine groups is 1. The normalized spacial score (nSPS) is 20.9. The molecule has 0 aliphatic carbocycles. The fourth-order valence-corrected chi connectivity index (χ4v) is 6.92. The lowest BCUT2D eigenvalue weighted by molar-refractivity contribution is -0.148. The maximum Gasteiger partial charge on any atom is 0.328 e. The summed E-state index contributed by atoms with van der Waals surface area (Å²) in [5, 5.41) is 19.6. The van der Waals surface area contributed by atoms with Gasteiger partial charge in [0, 0.05) is 42.4 Å². The fourth-order valence-electron chi connectivity index (χ4n) is 6.92. The number of ether oxygens (including phenoxy) is 1. The molecule has 0 radical (unpaired) electrons. The van der Waals surface area contributed by atoms with Gasteiger partial charge in [0.2, 0.25) is 17.7 Å². The van der Waals surface area contributed by atoms with E-state index >= 15 is 0 Å². The molecule has 1 saturated heterocycles. The Balaban J connectivity index is 1.43. The van der Waals surface area contributed by atoms with E-state index in [1.807, 2.05) is 60.8 Å². The Morgan fingerprint density at radius 1 is 0.709 bits per heavy atom. The highest BCUT2D eigenvalue weighted by atomic mass is 16.5. The van der Waals surface area contributed by atoms with Crippen molar-refractivity contribution in [3.05, 3.63) is 102 Å². The molecule has 2 heterocycles. The third kappa shape index (κ3) is 12.6. The Hall–Kier alpha value is -5.85. The van der Waals surface area contributed by atoms with Crippen LogP contribution in [-0.4, -0.2) is 71.0 Å². The first-order valence-corrected chi connectivity index (χ1v) is 19.2. The summed E-state index contributed by atoms with van der Waals surface area (Å²) in [6.45, 7) is 0.413. The summed E-state index contributed by atoms with van der Waals surface area (Å²) in [4.78, 5) is 63.4. The molecule has 1 aliphatic rings. The number of fused-ring (bicyclic) bond motifs is 1. The molecule has 292 valence electrons. The van der Waals surface area contributed by atoms with Crippen LogP contribution < -0.4 is 27.4 Å². The predicted molar refractivity (Wildman–Crippen MR) is 212 cm³/mol. The molecule has 0 bridgehead atoms. The number of phenols is 1. The van der Waals surface area contributed by atoms with Gasteiger partial charge in [0.25, 0.3) is 0 Å². The number of amides is 3. The van der Waals surface area contributed by atoms with Crippen LogP contribution in [0.1, 0.15) is 68.1 Å². The lowest BCUT2D eigenvalue weighted by Crippen LogP contribution is -2.57. The predicted octanol–water partition coefficient (Wildman–Crippen LogP) is 3.92. The van der Waals surface area contributed by atoms with Gasteiger partial charge >= 0.3 is 5.97 Å². The number of nitrogens with one attached hydrogen (secondary N) is 4. The zero-order valence-electron chi connectivity index (χ0n) is 31.2. The van der Waals surface area contributed by atoms with E-state index in [9.17, 15) is 24.3 Å². The van der Waals surface area contributed by atoms with E-state index < -0.39 is 41.8 Å². The number of aromatic hydroxyl groups is 1. The number of aromatic nitrogens is 1. The summed E-state index contributed by atoms with van der Waals surface area (Å²) in [5.41, 5.74) is 14.5. The minimum atomic E-state index is -1.09. The van der Waals surface area contributed by atoms with E-state index in [2.05, 4.69) is 25.9 Å². The first-order chi connectivity index (χ1) is 26.7. The number of benzene rings is 3. The van der Waals surface area contributed by atoms with E-state index in [0.29, 0.717) is 25.7 Å². The van der Waals surface area contributed by atoms with Crippen molar-refractivity contribution < 1.29 is 29.0 Å². The van der Waals surface area contributed by atoms with Crippen LogP contribution >= 0.6 is 0 Å². The largest absolute Gasteiger partial charge is 0.508 e. The molecule has 55 heavy (non-hydrogen) atoms. The quantitative estimate of drug-likeness (QED) is 0.0545. The number of phenolic OH excluding ortho intramolecular Hbond substituents is 1. The van der Waals surface area contributed by atoms with Gasteiger partial charge in [-0.2, -0.15) is 0 Å². The van der Waals surface area contributed by atoms with Gasteiger partial charge in [-0.05, 0) is 67.0 Å². The SMILES string of the molecule is NC(N)=NCCC[C@@H]1NC(=O)[C@@H](Cc2ccccc2)NC(=O)[C@H](Cc2ccc(O)cc2)CCCCCCCOC(=O)[C@H](Cc2c[nH]c3ccccc23)NC1=O. The molecule has 3 aromatic carbocycles. The van der Waals surface area contributed by atoms with Gasteiger partial charge in [-0.1, -0.05) is 86.3 Å². The maximum atomic E-state index is 14.3. The number of aromatic amines is 1. The second-order valence-corrected chi connectivity index (χ2v) is 14.2. The van der Waals surface area contributed by atoms with Crippen LogP contribution in [0.2, 0.25) is 0 Å². The third-order valence-electron chi connectivity index (χ3n) is 9.92. The molecule has 13 nitrogen and oxygen atoms in total. The van der Waals surface area contributed by atoms with E-state index in [1.165, 1.54) is 0 Å². The van der Waals surface area contributed by atoms with Crippen LogP contribution in [0.5, 0.6) is 5.75 Å². The highest BCUT2D eigenvalue weighted by Gasteiger charge is 2.32. The molecular weight excluding hydrogens is 699 g/mol. The number of nitrogens with two attached hydrogens (primary N) is 2. The molecule has 0 unspecified atom stereocenters. The van der Waals surface area contributed by atoms with Crippen molar-refractivity contribution in [2.45, 2.75) is 88.8 Å². The second kappa shape index (κ2) is 20.6. The van der Waals surface area contributed by atoms with Crippen LogP contribution in [-0.2, 0) is 43.2 Å². The van der Waals surface area contributed by atoms with Crippen molar-refractivity contribution in [3.8, 4) is 5.75 Å². The van der Waals surface area contributed by atoms with Crippen LogP contribution in [0.25, 0.3) is 10.9 Å². The van der Waals surface area contributed by atoms with Gasteiger partial charge < -0.3 is 42.2 Å². The highest BCUT2D eigenvalue weighted by molar-refractivity contribution is 5.94. The first kappa shape index (κ1) is 40.3. The fraction of sp³-hybridized carbons (Fsp3) is 0.405. The Bertz CT molecular complexity index is 1890. The van der Waals surface area contributed by atoms with Crippen molar-refractivity contribution in [1.29, 1.82) is 0 Å². The molecule has 0 spiro atoms. The topological polar surface area (TPSA) is 214 Å². The standard InChI is InChI=1S/C42H53N7O6/c43-42(44)45-22-11-17-35-39(52)49-37(26-31-27-46-34-16-9-8-15-33(31)34)41(54)55-23-10-3-1-2-7-14-30(24-29-18-20-32(50)21-19-29)38(51)48-36(40(53)47-35)25-28-12-5-4-6-13-28/h4-6,8-9,12-13,15-16,18-21,27,30,35-37,46,50H,1-3,7,10-11,14,17,22-26H2,(H,47,53)(H,48,51)(H,49,52)(H4,43,44,45)/t30-,35-,36+,37-/m0/s1. The highest BCUT2D eigenvalue weighted by Crippen LogP contribution is 2.22. The molecule has 1 fully saturated rings. The van der Waals surface area contributed by atoms with Gasteiger partial charge in [0.05, 0.1) is 6.61 Å². The Labute approximate surface area is 321 Å². The summed E-state index contributed by atoms with van der Waals surface area (Å²) < 4.78 is 5.73. The lowest BCUT2D eigenvalue weighted by Gasteiger charge is -2.26. The van der Waals surface area contributed by atoms with Crippen LogP contribution in [0.15, 0.2) is 90.1 Å². The summed E-state index contributed by atoms with van der Waals surface area (Å²) in [6.07, 6.45) is 7.72. The number of carbonyl (C=O) groups is 4. The summed E-state index contributed by atoms with van der Waals surface area (Å²) in [7, 11) is 0. The molecule has 5 rings (SSSR count). The van der Waals surface area contributed by atoms with Crippen LogP contribution in [0.3, 0.4) is 0 Å². The number of para-hydroxylation sites is 1. The average Bonchev–Trinajstić information content (AvgIpc) is 3.59. The van der Waals surface area contributed by atoms with E-state index in [0.717, 1.165) is 53.3 Å². The summed E-state index contributed by atoms with van der Waals surface area (Å²) >= 11 is 0. The molecule has 4 aromatic rings. The molecule has 9 N–H and O–H groups in total. The van der Waals surface area contributed by atoms with E-state index in [-0.39, 0.29) is 50.0 Å². The monoisotopic (exact) mass is 751 g/mol. The second-order valence-electron chi connectivity index (χ2n) is 14.2. The lowest BCUT2D eigenvalue weighted by atomic mass is 9.92. The number of nitrogens with zero attached hydrogens (tertiary/aromatic N) is 1. The Morgan fingerprint density at radius 3 is 2.15 bits per heavy atom. The van der Waals surface area contributed by atoms with Crippen molar-refractivity contribution in [3.63, 3.8) is 0 Å². The first-order valence-electron chi connectivity index (χ1n) is 19.2. The zero-order valence-corrected chi connectivity index (χ0v) is 31.2. The number of esters is 1. The molecule has 1 aliphatic heterocycles. The van der Waals surface area contributed by atoms with Crippen molar-refractivity contribution in [2.24, 2.45) is 22.4 Å². The molecule has 0 saturated carbocycles. The minimum absolute atomic E-state index is 0.0944. The number of hydrogen-bond donors (Lipinski definition) is 7. The molecule has 13 heteroatoms. The average molecular weight is 752 g/mol. The van der Waals surface area contributed by atoms with Gasteiger partial charge in [0.1, 0.15) is 23.9 Å². The van der Waals surface area contributed by atoms with Gasteiger partial charge in [-0.25, -0.2) is 4.79 Å². The Kier molecular flexibility index (Phi) is 15.1. The smallest absolute Gasteiger partial charge is 0.328 e. The van der Waals surface area contributed by atoms with Crippen molar-refractivity contribution in [2.75, 3.05) is 13.2 Å². The number of hydrogen-bond acceptors (Lipinski definition) is 7. The van der Waals surface area contributed by atoms with Crippen LogP contribution in [0, 0.1) is 5.92 Å². The molecule has 3 amide bonds. The van der Waals surface area contributed by atoms with Crippen LogP contribution in [0.4, 0.5) is 0 Å². The van der Waals surface area contributed by atoms with E-state index in [4.69, 9.17) is 16.2 Å². The van der Waals surface area contributed by atoms with Gasteiger partial charge in [-0.15, -0.1) is 0 Å². The molecule has 1 aromatic heterocycles. The number of rotatable bonds is 10. The minimum Gasteiger partial charge on any atom is -0.508 e. The zero-order chi connectivity index (χ0) is 39.0. The third-order valence-corrected chi connectivity index (χ3v) is 9.92. The van der Waals surface area contributed by atoms with E-state index in [1.54, 1.807) is 24.3 Å². The van der Waals surface area contributed by atoms with Crippen molar-refractivity contribution >= 4 is 40.6 Å². The van der Waals surface area contributed by atoms with Gasteiger partial charge in [-0.3, -0.25) is 19.4 Å². The maximum absolute atomic E-state index is 14.3. The number of H-pyrrole nitrogens is 1. The number of cyclic esters (lactones) is 1. The number of carbonyl (C=O) groups excluding carboxylic acids is 4. The molecular formula is C42H53N7O6. The number of aliphatic imine (C=N–C) groups is 1. The molecule has 4 atom stereocenters. The van der Waals surface area contributed by atoms with Gasteiger partial charge in [0.15, 0.2) is 5.96 Å².